The highest BCUT2D eigenvalue weighted by Crippen LogP contribution is 2.29. The van der Waals surface area contributed by atoms with E-state index in [1.807, 2.05) is 19.1 Å². The number of amides is 1. The summed E-state index contributed by atoms with van der Waals surface area (Å²) in [5, 5.41) is 86.3. The molecule has 12 atom stereocenters. The summed E-state index contributed by atoms with van der Waals surface area (Å²) < 4.78 is 22.5. The second-order valence-electron chi connectivity index (χ2n) is 15.8. The normalized spacial score (nSPS) is 28.3. The molecule has 1 amide bonds. The summed E-state index contributed by atoms with van der Waals surface area (Å²) >= 11 is 0. The van der Waals surface area contributed by atoms with Gasteiger partial charge in [0.1, 0.15) is 48.8 Å². The fourth-order valence-corrected chi connectivity index (χ4v) is 6.74. The smallest absolute Gasteiger partial charge is 0.220 e. The molecule has 14 nitrogen and oxygen atoms in total. The van der Waals surface area contributed by atoms with E-state index in [2.05, 4.69) is 103 Å². The first-order valence-electron chi connectivity index (χ1n) is 23.1. The maximum atomic E-state index is 13.1. The zero-order valence-corrected chi connectivity index (χ0v) is 38.0. The molecular weight excluding hydrogens is 823 g/mol. The van der Waals surface area contributed by atoms with Gasteiger partial charge in [0.25, 0.3) is 0 Å². The Balaban J connectivity index is 1.87. The molecule has 2 saturated heterocycles. The van der Waals surface area contributed by atoms with Crippen molar-refractivity contribution in [3.05, 3.63) is 109 Å². The van der Waals surface area contributed by atoms with Gasteiger partial charge >= 0.3 is 0 Å². The Morgan fingerprint density at radius 1 is 0.594 bits per heavy atom. The van der Waals surface area contributed by atoms with Crippen LogP contribution in [0, 0.1) is 0 Å². The number of allylic oxidation sites excluding steroid dienone is 17. The molecule has 2 aliphatic heterocycles. The Hall–Kier alpha value is -3.35. The first-order chi connectivity index (χ1) is 31.1. The fraction of sp³-hybridized carbons (Fsp3) is 0.620. The SMILES string of the molecule is C/C=C/CC/C=C/CC/C=C/C(O)C(COC1OC(CO)C(OC2OC(CO)C(O)C(O)C2O)C(O)C1O)NC(=O)CCCC/C=C\C/C=C\C/C=C\C/C=C\C/C=C\C/C=C\CC. The number of carbonyl (C=O) groups is 1. The van der Waals surface area contributed by atoms with Gasteiger partial charge in [0, 0.05) is 6.42 Å². The van der Waals surface area contributed by atoms with Gasteiger partial charge in [0.05, 0.1) is 32.0 Å². The maximum Gasteiger partial charge on any atom is 0.220 e. The summed E-state index contributed by atoms with van der Waals surface area (Å²) in [4.78, 5) is 13.1. The first kappa shape index (κ1) is 56.8. The number of rotatable bonds is 32. The van der Waals surface area contributed by atoms with E-state index in [1.54, 1.807) is 6.08 Å². The predicted octanol–water partition coefficient (Wildman–Crippen LogP) is 4.98. The molecule has 64 heavy (non-hydrogen) atoms. The van der Waals surface area contributed by atoms with Crippen molar-refractivity contribution in [2.75, 3.05) is 19.8 Å². The van der Waals surface area contributed by atoms with Crippen molar-refractivity contribution in [3.63, 3.8) is 0 Å². The number of aliphatic hydroxyl groups excluding tert-OH is 8. The van der Waals surface area contributed by atoms with Crippen molar-refractivity contribution >= 4 is 5.91 Å². The lowest BCUT2D eigenvalue weighted by molar-refractivity contribution is -0.359. The number of ether oxygens (including phenoxy) is 4. The Bertz CT molecular complexity index is 1490. The number of unbranched alkanes of at least 4 members (excludes halogenated alkanes) is 4. The van der Waals surface area contributed by atoms with Crippen LogP contribution in [0.5, 0.6) is 0 Å². The van der Waals surface area contributed by atoms with Gasteiger partial charge in [-0.05, 0) is 90.4 Å². The number of aliphatic hydroxyl groups is 8. The number of nitrogens with one attached hydrogen (secondary N) is 1. The molecule has 12 unspecified atom stereocenters. The third-order valence-corrected chi connectivity index (χ3v) is 10.5. The maximum absolute atomic E-state index is 13.1. The van der Waals surface area contributed by atoms with E-state index in [0.29, 0.717) is 12.8 Å². The zero-order chi connectivity index (χ0) is 46.8. The van der Waals surface area contributed by atoms with Crippen LogP contribution >= 0.6 is 0 Å². The Kier molecular flexibility index (Phi) is 31.8. The van der Waals surface area contributed by atoms with Gasteiger partial charge in [-0.1, -0.05) is 116 Å². The molecule has 2 rings (SSSR count). The van der Waals surface area contributed by atoms with E-state index in [9.17, 15) is 45.6 Å². The minimum atomic E-state index is -1.80. The molecule has 14 heteroatoms. The Morgan fingerprint density at radius 2 is 1.09 bits per heavy atom. The van der Waals surface area contributed by atoms with Crippen LogP contribution in [-0.2, 0) is 23.7 Å². The largest absolute Gasteiger partial charge is 0.394 e. The summed E-state index contributed by atoms with van der Waals surface area (Å²) in [6.07, 6.45) is 31.7. The van der Waals surface area contributed by atoms with Crippen LogP contribution in [-0.4, -0.2) is 140 Å². The second-order valence-corrected chi connectivity index (χ2v) is 15.8. The van der Waals surface area contributed by atoms with Crippen molar-refractivity contribution in [1.82, 2.24) is 5.32 Å². The monoisotopic (exact) mass is 902 g/mol. The standard InChI is InChI=1S/C50H79NO13/c1-3-5-7-9-11-13-14-15-16-17-18-19-20-21-22-23-24-26-28-30-32-34-42(55)51-38(39(54)33-31-29-27-25-12-10-8-6-4-2)37-61-49-47(60)45(58)48(41(36-53)63-49)64-50-46(59)44(57)43(56)40(35-52)62-50/h4-7,11-13,15-16,18-19,21-22,24-26,31,33,38-41,43-50,52-54,56-60H,3,8-10,14,17,20,23,27-30,32,34-37H2,1-2H3,(H,51,55)/b6-4+,7-5-,13-11-,16-15-,19-18-,22-21-,25-12+,26-24-,33-31+. The fourth-order valence-electron chi connectivity index (χ4n) is 6.74. The first-order valence-corrected chi connectivity index (χ1v) is 23.1. The topological polar surface area (TPSA) is 228 Å². The van der Waals surface area contributed by atoms with Crippen LogP contribution in [0.25, 0.3) is 0 Å². The van der Waals surface area contributed by atoms with E-state index in [4.69, 9.17) is 18.9 Å². The van der Waals surface area contributed by atoms with Crippen LogP contribution < -0.4 is 5.32 Å². The average molecular weight is 902 g/mol. The number of carbonyl (C=O) groups excluding carboxylic acids is 1. The highest BCUT2D eigenvalue weighted by molar-refractivity contribution is 5.76. The average Bonchev–Trinajstić information content (AvgIpc) is 3.29. The van der Waals surface area contributed by atoms with Crippen LogP contribution in [0.4, 0.5) is 0 Å². The van der Waals surface area contributed by atoms with Crippen molar-refractivity contribution in [3.8, 4) is 0 Å². The molecular formula is C50H79NO13. The molecule has 0 aliphatic carbocycles. The van der Waals surface area contributed by atoms with E-state index >= 15 is 0 Å². The Morgan fingerprint density at radius 3 is 1.66 bits per heavy atom. The summed E-state index contributed by atoms with van der Waals surface area (Å²) in [7, 11) is 0. The lowest BCUT2D eigenvalue weighted by Crippen LogP contribution is -2.65. The molecule has 9 N–H and O–H groups in total. The second kappa shape index (κ2) is 35.9. The molecule has 0 radical (unpaired) electrons. The van der Waals surface area contributed by atoms with Crippen LogP contribution in [0.2, 0.25) is 0 Å². The summed E-state index contributed by atoms with van der Waals surface area (Å²) in [6, 6.07) is -0.966. The molecule has 2 heterocycles. The van der Waals surface area contributed by atoms with Crippen LogP contribution in [0.1, 0.15) is 104 Å². The van der Waals surface area contributed by atoms with E-state index in [0.717, 1.165) is 70.6 Å². The number of hydrogen-bond acceptors (Lipinski definition) is 13. The predicted molar refractivity (Wildman–Crippen MR) is 249 cm³/mol. The quantitative estimate of drug-likeness (QED) is 0.0321. The Labute approximate surface area is 381 Å². The van der Waals surface area contributed by atoms with Crippen molar-refractivity contribution < 1.29 is 64.6 Å². The van der Waals surface area contributed by atoms with Gasteiger partial charge in [0.2, 0.25) is 5.91 Å². The lowest BCUT2D eigenvalue weighted by atomic mass is 9.97. The third kappa shape index (κ3) is 23.2. The zero-order valence-electron chi connectivity index (χ0n) is 38.0. The summed E-state index contributed by atoms with van der Waals surface area (Å²) in [5.74, 6) is -0.306. The highest BCUT2D eigenvalue weighted by Gasteiger charge is 2.50. The van der Waals surface area contributed by atoms with E-state index in [-0.39, 0.29) is 18.9 Å². The van der Waals surface area contributed by atoms with Gasteiger partial charge in [-0.25, -0.2) is 0 Å². The molecule has 0 saturated carbocycles. The minimum absolute atomic E-state index is 0.207. The van der Waals surface area contributed by atoms with Gasteiger partial charge in [0.15, 0.2) is 12.6 Å². The highest BCUT2D eigenvalue weighted by atomic mass is 16.7. The molecule has 2 aliphatic rings. The molecule has 2 fully saturated rings. The van der Waals surface area contributed by atoms with Gasteiger partial charge in [-0.3, -0.25) is 4.79 Å². The summed E-state index contributed by atoms with van der Waals surface area (Å²) in [6.45, 7) is 2.32. The van der Waals surface area contributed by atoms with Crippen molar-refractivity contribution in [1.29, 1.82) is 0 Å². The minimum Gasteiger partial charge on any atom is -0.394 e. The molecule has 0 aromatic rings. The van der Waals surface area contributed by atoms with Crippen LogP contribution in [0.15, 0.2) is 109 Å². The molecule has 0 aromatic heterocycles. The van der Waals surface area contributed by atoms with Crippen LogP contribution in [0.3, 0.4) is 0 Å². The molecule has 362 valence electrons. The van der Waals surface area contributed by atoms with Gasteiger partial charge < -0.3 is 65.1 Å². The van der Waals surface area contributed by atoms with Gasteiger partial charge in [-0.15, -0.1) is 0 Å². The molecule has 0 bridgehead atoms. The van der Waals surface area contributed by atoms with E-state index in [1.165, 1.54) is 0 Å². The van der Waals surface area contributed by atoms with Crippen molar-refractivity contribution in [2.24, 2.45) is 0 Å². The lowest BCUT2D eigenvalue weighted by Gasteiger charge is -2.46. The van der Waals surface area contributed by atoms with Gasteiger partial charge in [-0.2, -0.15) is 0 Å². The molecule has 0 spiro atoms. The number of hydrogen-bond donors (Lipinski definition) is 9. The summed E-state index contributed by atoms with van der Waals surface area (Å²) in [5.41, 5.74) is 0. The van der Waals surface area contributed by atoms with Crippen molar-refractivity contribution in [2.45, 2.75) is 177 Å². The molecule has 0 aromatic carbocycles. The van der Waals surface area contributed by atoms with E-state index < -0.39 is 86.8 Å². The third-order valence-electron chi connectivity index (χ3n) is 10.5.